The molecule has 2 aromatic rings. The molecule has 2 N–H and O–H groups in total. The number of ether oxygens (including phenoxy) is 2. The number of imidazole rings is 1. The molecule has 158 valence electrons. The number of carbonyl (C=O) groups excluding carboxylic acids is 2. The van der Waals surface area contributed by atoms with Crippen LogP contribution >= 0.6 is 0 Å². The predicted octanol–water partition coefficient (Wildman–Crippen LogP) is 1.54. The second kappa shape index (κ2) is 7.76. The van der Waals surface area contributed by atoms with Crippen LogP contribution in [0.4, 0.5) is 10.5 Å². The normalized spacial score (nSPS) is 17.3. The number of rotatable bonds is 3. The monoisotopic (exact) mass is 405 g/mol. The molecular formula is C19H27N5O5. The van der Waals surface area contributed by atoms with Gasteiger partial charge in [-0.25, -0.2) is 19.4 Å². The minimum Gasteiger partial charge on any atom is -0.464 e. The smallest absolute Gasteiger partial charge is 0.407 e. The summed E-state index contributed by atoms with van der Waals surface area (Å²) in [4.78, 5) is 45.4. The Morgan fingerprint density at radius 3 is 2.72 bits per heavy atom. The van der Waals surface area contributed by atoms with Crippen LogP contribution in [-0.2, 0) is 16.5 Å². The molecule has 1 atom stereocenters. The van der Waals surface area contributed by atoms with Crippen molar-refractivity contribution in [2.45, 2.75) is 45.3 Å². The largest absolute Gasteiger partial charge is 0.464 e. The highest BCUT2D eigenvalue weighted by atomic mass is 16.6. The van der Waals surface area contributed by atoms with Crippen molar-refractivity contribution in [3.63, 3.8) is 0 Å². The minimum atomic E-state index is -0.581. The van der Waals surface area contributed by atoms with Gasteiger partial charge in [0.15, 0.2) is 11.3 Å². The number of hydrogen-bond donors (Lipinski definition) is 2. The molecule has 0 saturated carbocycles. The van der Waals surface area contributed by atoms with E-state index in [0.29, 0.717) is 29.9 Å². The van der Waals surface area contributed by atoms with Crippen LogP contribution in [-0.4, -0.2) is 58.4 Å². The number of H-pyrrole nitrogens is 1. The molecule has 1 unspecified atom stereocenters. The Labute approximate surface area is 168 Å². The second-order valence-corrected chi connectivity index (χ2v) is 8.14. The molecule has 3 rings (SSSR count). The lowest BCUT2D eigenvalue weighted by Crippen LogP contribution is -2.49. The number of amides is 1. The summed E-state index contributed by atoms with van der Waals surface area (Å²) in [6, 6.07) is 1.48. The van der Waals surface area contributed by atoms with Crippen LogP contribution in [0.25, 0.3) is 11.2 Å². The summed E-state index contributed by atoms with van der Waals surface area (Å²) in [5.74, 6) is -0.581. The third-order valence-corrected chi connectivity index (χ3v) is 4.71. The number of esters is 1. The summed E-state index contributed by atoms with van der Waals surface area (Å²) < 4.78 is 11.5. The van der Waals surface area contributed by atoms with Gasteiger partial charge in [0.25, 0.3) is 0 Å². The Balaban J connectivity index is 1.91. The number of fused-ring (bicyclic) bond motifs is 1. The number of hydrogen-bond acceptors (Lipinski definition) is 7. The number of carbonyl (C=O) groups is 2. The molecule has 10 heteroatoms. The van der Waals surface area contributed by atoms with Crippen molar-refractivity contribution in [1.82, 2.24) is 19.9 Å². The first kappa shape index (κ1) is 20.7. The van der Waals surface area contributed by atoms with E-state index < -0.39 is 17.7 Å². The van der Waals surface area contributed by atoms with Gasteiger partial charge in [0.2, 0.25) is 0 Å². The first-order valence-electron chi connectivity index (χ1n) is 9.51. The lowest BCUT2D eigenvalue weighted by molar-refractivity contribution is 0.0499. The Bertz CT molecular complexity index is 987. The van der Waals surface area contributed by atoms with Crippen molar-refractivity contribution in [3.05, 3.63) is 22.2 Å². The van der Waals surface area contributed by atoms with Gasteiger partial charge in [-0.05, 0) is 39.7 Å². The lowest BCUT2D eigenvalue weighted by atomic mass is 10.0. The van der Waals surface area contributed by atoms with Gasteiger partial charge in [0, 0.05) is 26.2 Å². The molecule has 1 saturated heterocycles. The van der Waals surface area contributed by atoms with Gasteiger partial charge < -0.3 is 24.7 Å². The summed E-state index contributed by atoms with van der Waals surface area (Å²) in [6.07, 6.45) is 1.17. The van der Waals surface area contributed by atoms with Crippen molar-refractivity contribution >= 4 is 28.9 Å². The molecule has 0 radical (unpaired) electrons. The van der Waals surface area contributed by atoms with Crippen LogP contribution in [0.1, 0.15) is 44.1 Å². The van der Waals surface area contributed by atoms with Gasteiger partial charge in [0.05, 0.1) is 12.8 Å². The molecule has 0 spiro atoms. The van der Waals surface area contributed by atoms with E-state index in [0.717, 1.165) is 12.8 Å². The van der Waals surface area contributed by atoms with Crippen LogP contribution in [0, 0.1) is 0 Å². The van der Waals surface area contributed by atoms with Crippen molar-refractivity contribution < 1.29 is 19.1 Å². The average molecular weight is 405 g/mol. The number of anilines is 1. The van der Waals surface area contributed by atoms with Gasteiger partial charge in [-0.15, -0.1) is 0 Å². The highest BCUT2D eigenvalue weighted by Crippen LogP contribution is 2.27. The topological polar surface area (TPSA) is 119 Å². The number of aryl methyl sites for hydroxylation is 1. The van der Waals surface area contributed by atoms with E-state index in [1.165, 1.54) is 11.7 Å². The van der Waals surface area contributed by atoms with Gasteiger partial charge in [-0.2, -0.15) is 0 Å². The molecule has 0 bridgehead atoms. The van der Waals surface area contributed by atoms with E-state index in [-0.39, 0.29) is 17.4 Å². The molecule has 3 heterocycles. The molecule has 0 aliphatic carbocycles. The van der Waals surface area contributed by atoms with E-state index in [2.05, 4.69) is 15.3 Å². The summed E-state index contributed by atoms with van der Waals surface area (Å²) in [6.45, 7) is 6.66. The van der Waals surface area contributed by atoms with Crippen molar-refractivity contribution in [2.75, 3.05) is 25.1 Å². The summed E-state index contributed by atoms with van der Waals surface area (Å²) in [5.41, 5.74) is 0.805. The maximum atomic E-state index is 12.1. The van der Waals surface area contributed by atoms with Crippen molar-refractivity contribution in [3.8, 4) is 0 Å². The number of nitrogens with one attached hydrogen (secondary N) is 2. The van der Waals surface area contributed by atoms with Gasteiger partial charge in [0.1, 0.15) is 11.1 Å². The molecule has 1 aliphatic heterocycles. The number of aromatic amines is 1. The van der Waals surface area contributed by atoms with E-state index >= 15 is 0 Å². The third-order valence-electron chi connectivity index (χ3n) is 4.71. The maximum absolute atomic E-state index is 12.1. The Morgan fingerprint density at radius 1 is 1.34 bits per heavy atom. The first-order chi connectivity index (χ1) is 13.6. The average Bonchev–Trinajstić information content (AvgIpc) is 2.93. The first-order valence-corrected chi connectivity index (χ1v) is 9.51. The van der Waals surface area contributed by atoms with E-state index in [1.807, 2.05) is 25.7 Å². The zero-order valence-corrected chi connectivity index (χ0v) is 17.4. The zero-order chi connectivity index (χ0) is 21.3. The van der Waals surface area contributed by atoms with Crippen LogP contribution in [0.5, 0.6) is 0 Å². The van der Waals surface area contributed by atoms with Crippen LogP contribution in [0.3, 0.4) is 0 Å². The number of aromatic nitrogens is 3. The third kappa shape index (κ3) is 4.52. The van der Waals surface area contributed by atoms with Crippen LogP contribution in [0.15, 0.2) is 10.9 Å². The molecule has 10 nitrogen and oxygen atoms in total. The van der Waals surface area contributed by atoms with E-state index in [4.69, 9.17) is 9.47 Å². The number of pyridine rings is 1. The molecule has 1 aliphatic rings. The number of methoxy groups -OCH3 is 1. The lowest BCUT2D eigenvalue weighted by Gasteiger charge is -2.35. The number of piperidine rings is 1. The molecule has 2 aromatic heterocycles. The Morgan fingerprint density at radius 2 is 2.07 bits per heavy atom. The molecule has 1 amide bonds. The highest BCUT2D eigenvalue weighted by Gasteiger charge is 2.27. The molecule has 0 aromatic carbocycles. The van der Waals surface area contributed by atoms with Gasteiger partial charge >= 0.3 is 17.8 Å². The standard InChI is InChI=1S/C19H27N5O5/c1-19(2,3)29-18(27)20-11-7-6-8-24(10-11)13-9-12(16(25)28-5)21-15-14(13)22-17(26)23(15)4/h9,11H,6-8,10H2,1-5H3,(H,20,27)(H,22,26). The van der Waals surface area contributed by atoms with E-state index in [9.17, 15) is 14.4 Å². The minimum absolute atomic E-state index is 0.117. The molecular weight excluding hydrogens is 378 g/mol. The fourth-order valence-electron chi connectivity index (χ4n) is 3.41. The fraction of sp³-hybridized carbons (Fsp3) is 0.579. The highest BCUT2D eigenvalue weighted by molar-refractivity contribution is 5.95. The zero-order valence-electron chi connectivity index (χ0n) is 17.4. The molecule has 1 fully saturated rings. The Kier molecular flexibility index (Phi) is 5.54. The van der Waals surface area contributed by atoms with Crippen molar-refractivity contribution in [2.24, 2.45) is 7.05 Å². The van der Waals surface area contributed by atoms with Crippen LogP contribution < -0.4 is 15.9 Å². The summed E-state index contributed by atoms with van der Waals surface area (Å²) >= 11 is 0. The SMILES string of the molecule is COC(=O)c1cc(N2CCCC(NC(=O)OC(C)(C)C)C2)c2[nH]c(=O)n(C)c2n1. The number of alkyl carbamates (subject to hydrolysis) is 1. The maximum Gasteiger partial charge on any atom is 0.407 e. The quantitative estimate of drug-likeness (QED) is 0.744. The summed E-state index contributed by atoms with van der Waals surface area (Å²) in [5, 5.41) is 2.90. The number of nitrogens with zero attached hydrogens (tertiary/aromatic N) is 3. The van der Waals surface area contributed by atoms with Gasteiger partial charge in [-0.1, -0.05) is 0 Å². The van der Waals surface area contributed by atoms with Crippen LogP contribution in [0.2, 0.25) is 0 Å². The van der Waals surface area contributed by atoms with Crippen molar-refractivity contribution in [1.29, 1.82) is 0 Å². The Hall–Kier alpha value is -3.04. The second-order valence-electron chi connectivity index (χ2n) is 8.14. The van der Waals surface area contributed by atoms with Gasteiger partial charge in [-0.3, -0.25) is 4.57 Å². The fourth-order valence-corrected chi connectivity index (χ4v) is 3.41. The molecule has 29 heavy (non-hydrogen) atoms. The van der Waals surface area contributed by atoms with E-state index in [1.54, 1.807) is 13.1 Å². The summed E-state index contributed by atoms with van der Waals surface area (Å²) in [7, 11) is 2.87. The predicted molar refractivity (Wildman–Crippen MR) is 107 cm³/mol.